The Hall–Kier alpha value is -2.70. The number of hydrogen-bond donors (Lipinski definition) is 2. The number of fused-ring (bicyclic) bond motifs is 3. The molecular formula is C29H36N4O2. The SMILES string of the molecule is O=C(NC1CCNC1)[C@@H]1Cc2ccccc2N1C(=O)CCN1CCC2(CCc3ccccc32)CC1. The van der Waals surface area contributed by atoms with Crippen LogP contribution in [-0.2, 0) is 27.8 Å². The lowest BCUT2D eigenvalue weighted by Gasteiger charge is -2.40. The average molecular weight is 473 g/mol. The Bertz CT molecular complexity index is 1100. The minimum atomic E-state index is -0.444. The van der Waals surface area contributed by atoms with Gasteiger partial charge >= 0.3 is 0 Å². The molecule has 2 aromatic rings. The Morgan fingerprint density at radius 2 is 1.77 bits per heavy atom. The molecule has 6 nitrogen and oxygen atoms in total. The van der Waals surface area contributed by atoms with E-state index in [1.807, 2.05) is 24.3 Å². The fourth-order valence-electron chi connectivity index (χ4n) is 6.84. The van der Waals surface area contributed by atoms with Gasteiger partial charge in [-0.15, -0.1) is 0 Å². The maximum absolute atomic E-state index is 13.5. The maximum atomic E-state index is 13.5. The molecule has 2 atom stereocenters. The number of para-hydroxylation sites is 1. The average Bonchev–Trinajstić information content (AvgIpc) is 3.62. The van der Waals surface area contributed by atoms with Gasteiger partial charge in [-0.05, 0) is 79.9 Å². The second kappa shape index (κ2) is 9.40. The standard InChI is InChI=1S/C29H36N4O2/c34-27(11-16-32-17-13-29(14-18-32)12-9-21-5-1-3-7-24(21)29)33-25-8-4-2-6-22(25)19-26(33)28(35)31-23-10-15-30-20-23/h1-8,23,26,30H,9-20H2,(H,31,35)/t23?,26-/m0/s1. The summed E-state index contributed by atoms with van der Waals surface area (Å²) in [6.45, 7) is 4.57. The van der Waals surface area contributed by atoms with Crippen molar-refractivity contribution in [2.75, 3.05) is 37.6 Å². The number of nitrogens with one attached hydrogen (secondary N) is 2. The predicted molar refractivity (Wildman–Crippen MR) is 138 cm³/mol. The van der Waals surface area contributed by atoms with Gasteiger partial charge in [0, 0.05) is 37.7 Å². The van der Waals surface area contributed by atoms with Crippen LogP contribution in [-0.4, -0.2) is 61.5 Å². The lowest BCUT2D eigenvalue weighted by Crippen LogP contribution is -2.51. The molecule has 1 spiro atoms. The summed E-state index contributed by atoms with van der Waals surface area (Å²) in [5.74, 6) is 0.0363. The van der Waals surface area contributed by atoms with E-state index < -0.39 is 6.04 Å². The minimum Gasteiger partial charge on any atom is -0.350 e. The van der Waals surface area contributed by atoms with Crippen LogP contribution in [0.3, 0.4) is 0 Å². The Kier molecular flexibility index (Phi) is 6.11. The Balaban J connectivity index is 1.09. The van der Waals surface area contributed by atoms with Crippen LogP contribution in [0.4, 0.5) is 5.69 Å². The summed E-state index contributed by atoms with van der Waals surface area (Å²) in [4.78, 5) is 30.9. The molecule has 2 aromatic carbocycles. The highest BCUT2D eigenvalue weighted by molar-refractivity contribution is 6.03. The molecule has 6 heteroatoms. The maximum Gasteiger partial charge on any atom is 0.243 e. The molecule has 0 bridgehead atoms. The van der Waals surface area contributed by atoms with Crippen molar-refractivity contribution in [1.29, 1.82) is 0 Å². The van der Waals surface area contributed by atoms with E-state index in [0.717, 1.165) is 50.4 Å². The van der Waals surface area contributed by atoms with Crippen molar-refractivity contribution in [2.45, 2.75) is 62.4 Å². The van der Waals surface area contributed by atoms with Crippen molar-refractivity contribution >= 4 is 17.5 Å². The molecule has 4 aliphatic rings. The van der Waals surface area contributed by atoms with Crippen molar-refractivity contribution < 1.29 is 9.59 Å². The number of anilines is 1. The summed E-state index contributed by atoms with van der Waals surface area (Å²) < 4.78 is 0. The molecule has 0 radical (unpaired) electrons. The third-order valence-corrected chi connectivity index (χ3v) is 8.87. The van der Waals surface area contributed by atoms with Crippen LogP contribution in [0.2, 0.25) is 0 Å². The third-order valence-electron chi connectivity index (χ3n) is 8.87. The van der Waals surface area contributed by atoms with Gasteiger partial charge in [0.1, 0.15) is 6.04 Å². The van der Waals surface area contributed by atoms with Crippen molar-refractivity contribution in [3.63, 3.8) is 0 Å². The molecule has 35 heavy (non-hydrogen) atoms. The molecule has 1 unspecified atom stereocenters. The van der Waals surface area contributed by atoms with E-state index in [0.29, 0.717) is 18.3 Å². The van der Waals surface area contributed by atoms with E-state index in [2.05, 4.69) is 39.8 Å². The van der Waals surface area contributed by atoms with Crippen LogP contribution in [0.25, 0.3) is 0 Å². The lowest BCUT2D eigenvalue weighted by atomic mass is 9.74. The van der Waals surface area contributed by atoms with Crippen LogP contribution < -0.4 is 15.5 Å². The smallest absolute Gasteiger partial charge is 0.243 e. The van der Waals surface area contributed by atoms with Crippen LogP contribution in [0.5, 0.6) is 0 Å². The number of nitrogens with zero attached hydrogens (tertiary/aromatic N) is 2. The van der Waals surface area contributed by atoms with Gasteiger partial charge in [0.2, 0.25) is 11.8 Å². The highest BCUT2D eigenvalue weighted by Crippen LogP contribution is 2.46. The van der Waals surface area contributed by atoms with Crippen LogP contribution >= 0.6 is 0 Å². The van der Waals surface area contributed by atoms with Crippen molar-refractivity contribution in [3.05, 3.63) is 65.2 Å². The van der Waals surface area contributed by atoms with Crippen molar-refractivity contribution in [2.24, 2.45) is 0 Å². The number of benzene rings is 2. The van der Waals surface area contributed by atoms with Crippen LogP contribution in [0.15, 0.2) is 48.5 Å². The van der Waals surface area contributed by atoms with Gasteiger partial charge in [0.15, 0.2) is 0 Å². The first-order valence-electron chi connectivity index (χ1n) is 13.3. The molecule has 2 amide bonds. The van der Waals surface area contributed by atoms with E-state index in [1.165, 1.54) is 31.2 Å². The predicted octanol–water partition coefficient (Wildman–Crippen LogP) is 2.79. The number of likely N-dealkylation sites (tertiary alicyclic amines) is 1. The van der Waals surface area contributed by atoms with Gasteiger partial charge in [-0.2, -0.15) is 0 Å². The largest absolute Gasteiger partial charge is 0.350 e. The number of carbonyl (C=O) groups excluding carboxylic acids is 2. The summed E-state index contributed by atoms with van der Waals surface area (Å²) >= 11 is 0. The molecule has 6 rings (SSSR count). The zero-order valence-corrected chi connectivity index (χ0v) is 20.5. The fourth-order valence-corrected chi connectivity index (χ4v) is 6.84. The molecule has 1 aliphatic carbocycles. The first-order valence-corrected chi connectivity index (χ1v) is 13.3. The number of piperidine rings is 1. The highest BCUT2D eigenvalue weighted by Gasteiger charge is 2.42. The molecule has 2 fully saturated rings. The summed E-state index contributed by atoms with van der Waals surface area (Å²) in [6, 6.07) is 16.7. The fraction of sp³-hybridized carbons (Fsp3) is 0.517. The van der Waals surface area contributed by atoms with Crippen molar-refractivity contribution in [3.8, 4) is 0 Å². The Labute approximate surface area is 208 Å². The number of rotatable bonds is 5. The van der Waals surface area contributed by atoms with E-state index >= 15 is 0 Å². The number of hydrogen-bond acceptors (Lipinski definition) is 4. The number of aryl methyl sites for hydroxylation is 1. The van der Waals surface area contributed by atoms with Crippen LogP contribution in [0, 0.1) is 0 Å². The first-order chi connectivity index (χ1) is 17.1. The molecule has 184 valence electrons. The van der Waals surface area contributed by atoms with Gasteiger partial charge in [-0.25, -0.2) is 0 Å². The number of amides is 2. The zero-order valence-electron chi connectivity index (χ0n) is 20.5. The van der Waals surface area contributed by atoms with E-state index in [9.17, 15) is 9.59 Å². The molecule has 3 aliphatic heterocycles. The monoisotopic (exact) mass is 472 g/mol. The molecule has 3 heterocycles. The van der Waals surface area contributed by atoms with E-state index in [-0.39, 0.29) is 17.9 Å². The third kappa shape index (κ3) is 4.27. The molecule has 0 aromatic heterocycles. The summed E-state index contributed by atoms with van der Waals surface area (Å²) in [5.41, 5.74) is 5.42. The lowest BCUT2D eigenvalue weighted by molar-refractivity contribution is -0.126. The Morgan fingerprint density at radius 1 is 1.00 bits per heavy atom. The van der Waals surface area contributed by atoms with E-state index in [4.69, 9.17) is 0 Å². The highest BCUT2D eigenvalue weighted by atomic mass is 16.2. The quantitative estimate of drug-likeness (QED) is 0.703. The van der Waals surface area contributed by atoms with E-state index in [1.54, 1.807) is 10.5 Å². The van der Waals surface area contributed by atoms with Crippen LogP contribution in [0.1, 0.15) is 48.8 Å². The zero-order chi connectivity index (χ0) is 23.8. The van der Waals surface area contributed by atoms with Crippen molar-refractivity contribution in [1.82, 2.24) is 15.5 Å². The molecule has 2 N–H and O–H groups in total. The van der Waals surface area contributed by atoms with Gasteiger partial charge < -0.3 is 15.5 Å². The molecular weight excluding hydrogens is 436 g/mol. The molecule has 2 saturated heterocycles. The van der Waals surface area contributed by atoms with Gasteiger partial charge in [0.05, 0.1) is 0 Å². The van der Waals surface area contributed by atoms with Gasteiger partial charge in [-0.3, -0.25) is 14.5 Å². The van der Waals surface area contributed by atoms with Gasteiger partial charge in [0.25, 0.3) is 0 Å². The summed E-state index contributed by atoms with van der Waals surface area (Å²) in [5, 5.41) is 6.47. The Morgan fingerprint density at radius 3 is 2.57 bits per heavy atom. The van der Waals surface area contributed by atoms with Gasteiger partial charge in [-0.1, -0.05) is 42.5 Å². The summed E-state index contributed by atoms with van der Waals surface area (Å²) in [7, 11) is 0. The normalized spacial score (nSPS) is 25.0. The molecule has 0 saturated carbocycles. The second-order valence-electron chi connectivity index (χ2n) is 10.8. The number of carbonyl (C=O) groups is 2. The topological polar surface area (TPSA) is 64.7 Å². The minimum absolute atomic E-state index is 0.0249. The first kappa shape index (κ1) is 22.7. The second-order valence-corrected chi connectivity index (χ2v) is 10.8. The summed E-state index contributed by atoms with van der Waals surface area (Å²) in [6.07, 6.45) is 6.79.